The summed E-state index contributed by atoms with van der Waals surface area (Å²) in [4.78, 5) is 15.2. The number of nitrogens with zero attached hydrogens (tertiary/aromatic N) is 1. The maximum atomic E-state index is 12.7. The van der Waals surface area contributed by atoms with Crippen molar-refractivity contribution in [1.29, 1.82) is 0 Å². The summed E-state index contributed by atoms with van der Waals surface area (Å²) in [6.07, 6.45) is 5.56. The number of aryl methyl sites for hydroxylation is 2. The number of piperidine rings is 1. The van der Waals surface area contributed by atoms with Gasteiger partial charge in [-0.25, -0.2) is 0 Å². The summed E-state index contributed by atoms with van der Waals surface area (Å²) in [5.41, 5.74) is 6.23. The molecule has 2 aliphatic heterocycles. The van der Waals surface area contributed by atoms with Crippen LogP contribution in [0.2, 0.25) is 0 Å². The van der Waals surface area contributed by atoms with Gasteiger partial charge in [0.1, 0.15) is 0 Å². The maximum Gasteiger partial charge on any atom is 0.251 e. The molecular weight excluding hydrogens is 382 g/mol. The summed E-state index contributed by atoms with van der Waals surface area (Å²) >= 11 is 0. The molecule has 4 rings (SSSR count). The summed E-state index contributed by atoms with van der Waals surface area (Å²) in [6.45, 7) is 11.2. The Kier molecular flexibility index (Phi) is 8.96. The van der Waals surface area contributed by atoms with Crippen LogP contribution >= 0.6 is 0 Å². The Morgan fingerprint density at radius 1 is 1.10 bits per heavy atom. The summed E-state index contributed by atoms with van der Waals surface area (Å²) < 4.78 is 0. The van der Waals surface area contributed by atoms with Gasteiger partial charge >= 0.3 is 0 Å². The molecule has 0 saturated carbocycles. The molecule has 4 nitrogen and oxygen atoms in total. The molecule has 2 heterocycles. The van der Waals surface area contributed by atoms with E-state index in [0.29, 0.717) is 5.92 Å². The van der Waals surface area contributed by atoms with Crippen molar-refractivity contribution in [3.63, 3.8) is 0 Å². The summed E-state index contributed by atoms with van der Waals surface area (Å²) in [6, 6.07) is 15.0. The van der Waals surface area contributed by atoms with Crippen molar-refractivity contribution in [2.45, 2.75) is 59.4 Å². The topological polar surface area (TPSA) is 44.4 Å². The molecule has 1 fully saturated rings. The molecule has 0 unspecified atom stereocenters. The Labute approximate surface area is 188 Å². The van der Waals surface area contributed by atoms with Crippen molar-refractivity contribution < 1.29 is 4.79 Å². The molecule has 1 saturated heterocycles. The second-order valence-corrected chi connectivity index (χ2v) is 8.39. The van der Waals surface area contributed by atoms with Crippen LogP contribution in [0.3, 0.4) is 0 Å². The van der Waals surface area contributed by atoms with Crippen molar-refractivity contribution in [2.24, 2.45) is 5.92 Å². The minimum atomic E-state index is 0.0692. The largest absolute Gasteiger partial charge is 0.367 e. The molecule has 0 aliphatic carbocycles. The van der Waals surface area contributed by atoms with Crippen molar-refractivity contribution in [3.05, 3.63) is 64.7 Å². The van der Waals surface area contributed by atoms with E-state index in [1.807, 2.05) is 19.9 Å². The lowest BCUT2D eigenvalue weighted by atomic mass is 9.96. The molecule has 0 bridgehead atoms. The first-order chi connectivity index (χ1) is 15.2. The molecule has 0 aromatic heterocycles. The van der Waals surface area contributed by atoms with Gasteiger partial charge in [-0.15, -0.1) is 0 Å². The molecule has 4 heteroatoms. The van der Waals surface area contributed by atoms with Gasteiger partial charge < -0.3 is 15.5 Å². The number of fused-ring (bicyclic) bond motifs is 1. The maximum absolute atomic E-state index is 12.7. The van der Waals surface area contributed by atoms with Crippen LogP contribution in [0.25, 0.3) is 0 Å². The zero-order valence-electron chi connectivity index (χ0n) is 19.5. The van der Waals surface area contributed by atoms with Gasteiger partial charge in [-0.2, -0.15) is 0 Å². The van der Waals surface area contributed by atoms with Gasteiger partial charge in [0, 0.05) is 30.9 Å². The molecule has 2 aromatic carbocycles. The van der Waals surface area contributed by atoms with Crippen molar-refractivity contribution in [1.82, 2.24) is 10.6 Å². The van der Waals surface area contributed by atoms with E-state index in [1.165, 1.54) is 22.4 Å². The Morgan fingerprint density at radius 2 is 1.84 bits per heavy atom. The molecular formula is C27H39N3O. The Morgan fingerprint density at radius 3 is 2.58 bits per heavy atom. The zero-order valence-corrected chi connectivity index (χ0v) is 19.5. The zero-order chi connectivity index (χ0) is 22.1. The van der Waals surface area contributed by atoms with Gasteiger partial charge in [0.15, 0.2) is 0 Å². The van der Waals surface area contributed by atoms with E-state index in [2.05, 4.69) is 58.9 Å². The number of carbonyl (C=O) groups is 1. The Hall–Kier alpha value is -2.33. The average molecular weight is 422 g/mol. The van der Waals surface area contributed by atoms with Crippen LogP contribution in [0.15, 0.2) is 42.5 Å². The van der Waals surface area contributed by atoms with E-state index < -0.39 is 0 Å². The van der Waals surface area contributed by atoms with Crippen molar-refractivity contribution in [2.75, 3.05) is 31.1 Å². The van der Waals surface area contributed by atoms with Gasteiger partial charge in [0.2, 0.25) is 0 Å². The fourth-order valence-corrected chi connectivity index (χ4v) is 4.67. The van der Waals surface area contributed by atoms with Crippen LogP contribution < -0.4 is 15.5 Å². The van der Waals surface area contributed by atoms with Crippen LogP contribution in [-0.2, 0) is 19.4 Å². The van der Waals surface area contributed by atoms with E-state index in [9.17, 15) is 4.79 Å². The minimum Gasteiger partial charge on any atom is -0.367 e. The number of rotatable bonds is 6. The summed E-state index contributed by atoms with van der Waals surface area (Å²) in [7, 11) is 0. The van der Waals surface area contributed by atoms with Gasteiger partial charge in [-0.1, -0.05) is 45.0 Å². The standard InChI is InChI=1S/C25H33N3O.C2H6/c1-2-20-6-3-4-7-23(20)18-28-15-5-8-21-16-22(9-10-24(21)28)25(29)27-17-19-11-13-26-14-12-19;1-2/h3-4,6-7,9-10,16,19,26H,2,5,8,11-15,17-18H2,1H3,(H,27,29);1-2H3. The molecule has 31 heavy (non-hydrogen) atoms. The van der Waals surface area contributed by atoms with E-state index in [-0.39, 0.29) is 5.91 Å². The second kappa shape index (κ2) is 11.9. The monoisotopic (exact) mass is 421 g/mol. The third kappa shape index (κ3) is 6.10. The highest BCUT2D eigenvalue weighted by molar-refractivity contribution is 5.95. The number of hydrogen-bond donors (Lipinski definition) is 2. The molecule has 0 radical (unpaired) electrons. The minimum absolute atomic E-state index is 0.0692. The summed E-state index contributed by atoms with van der Waals surface area (Å²) in [5.74, 6) is 0.673. The second-order valence-electron chi connectivity index (χ2n) is 8.39. The first kappa shape index (κ1) is 23.3. The van der Waals surface area contributed by atoms with Gasteiger partial charge in [-0.05, 0) is 86.0 Å². The van der Waals surface area contributed by atoms with Crippen LogP contribution in [-0.4, -0.2) is 32.1 Å². The highest BCUT2D eigenvalue weighted by Gasteiger charge is 2.20. The number of anilines is 1. The normalized spacial score (nSPS) is 16.2. The van der Waals surface area contributed by atoms with Crippen LogP contribution in [0.4, 0.5) is 5.69 Å². The van der Waals surface area contributed by atoms with E-state index in [0.717, 1.165) is 70.4 Å². The van der Waals surface area contributed by atoms with Gasteiger partial charge in [-0.3, -0.25) is 4.79 Å². The fraction of sp³-hybridized carbons (Fsp3) is 0.519. The first-order valence-corrected chi connectivity index (χ1v) is 12.2. The smallest absolute Gasteiger partial charge is 0.251 e. The highest BCUT2D eigenvalue weighted by atomic mass is 16.1. The first-order valence-electron chi connectivity index (χ1n) is 12.2. The van der Waals surface area contributed by atoms with E-state index in [4.69, 9.17) is 0 Å². The summed E-state index contributed by atoms with van der Waals surface area (Å²) in [5, 5.41) is 6.54. The number of hydrogen-bond acceptors (Lipinski definition) is 3. The molecule has 168 valence electrons. The predicted molar refractivity (Wildman–Crippen MR) is 131 cm³/mol. The molecule has 2 N–H and O–H groups in total. The fourth-order valence-electron chi connectivity index (χ4n) is 4.67. The van der Waals surface area contributed by atoms with Crippen LogP contribution in [0.1, 0.15) is 67.1 Å². The predicted octanol–water partition coefficient (Wildman–Crippen LogP) is 4.96. The van der Waals surface area contributed by atoms with Crippen LogP contribution in [0.5, 0.6) is 0 Å². The Bertz CT molecular complexity index is 842. The third-order valence-corrected chi connectivity index (χ3v) is 6.43. The molecule has 2 aromatic rings. The lowest BCUT2D eigenvalue weighted by Crippen LogP contribution is -2.36. The number of amides is 1. The van der Waals surface area contributed by atoms with Crippen molar-refractivity contribution in [3.8, 4) is 0 Å². The van der Waals surface area contributed by atoms with Crippen LogP contribution in [0, 0.1) is 5.92 Å². The van der Waals surface area contributed by atoms with E-state index >= 15 is 0 Å². The number of carbonyl (C=O) groups excluding carboxylic acids is 1. The van der Waals surface area contributed by atoms with Crippen molar-refractivity contribution >= 4 is 11.6 Å². The van der Waals surface area contributed by atoms with E-state index in [1.54, 1.807) is 0 Å². The molecule has 0 atom stereocenters. The molecule has 1 amide bonds. The molecule has 0 spiro atoms. The number of nitrogens with one attached hydrogen (secondary N) is 2. The van der Waals surface area contributed by atoms with Gasteiger partial charge in [0.05, 0.1) is 0 Å². The average Bonchev–Trinajstić information content (AvgIpc) is 2.84. The number of benzene rings is 2. The quantitative estimate of drug-likeness (QED) is 0.693. The van der Waals surface area contributed by atoms with Gasteiger partial charge in [0.25, 0.3) is 5.91 Å². The SMILES string of the molecule is CC.CCc1ccccc1CN1CCCc2cc(C(=O)NCC3CCNCC3)ccc21. The highest BCUT2D eigenvalue weighted by Crippen LogP contribution is 2.30. The molecule has 2 aliphatic rings. The Balaban J connectivity index is 0.00000132. The lowest BCUT2D eigenvalue weighted by Gasteiger charge is -2.32. The third-order valence-electron chi connectivity index (χ3n) is 6.43. The lowest BCUT2D eigenvalue weighted by molar-refractivity contribution is 0.0944.